The van der Waals surface area contributed by atoms with Crippen LogP contribution in [0.3, 0.4) is 0 Å². The number of pyridine rings is 1. The molecule has 3 aliphatic heterocycles. The molecule has 2 aromatic carbocycles. The number of fused-ring (bicyclic) bond motifs is 8. The van der Waals surface area contributed by atoms with Gasteiger partial charge in [-0.05, 0) is 99.8 Å². The third kappa shape index (κ3) is 13.7. The highest BCUT2D eigenvalue weighted by molar-refractivity contribution is 5.96. The highest BCUT2D eigenvalue weighted by atomic mass is 19.1. The summed E-state index contributed by atoms with van der Waals surface area (Å²) in [7, 11) is 4.98. The lowest BCUT2D eigenvalue weighted by atomic mass is 9.85. The molecule has 4 aromatic rings. The number of benzene rings is 2. The Kier molecular flexibility index (Phi) is 19.5. The molecule has 3 aliphatic rings. The number of nitrogens with zero attached hydrogens (tertiary/aromatic N) is 6. The van der Waals surface area contributed by atoms with Crippen molar-refractivity contribution in [1.29, 1.82) is 0 Å². The summed E-state index contributed by atoms with van der Waals surface area (Å²) in [5, 5.41) is 20.7. The molecule has 0 radical (unpaired) electrons. The summed E-state index contributed by atoms with van der Waals surface area (Å²) in [5.74, 6) is -0.654. The number of nitrogens with two attached hydrogens (primary N) is 1. The molecule has 76 heavy (non-hydrogen) atoms. The van der Waals surface area contributed by atoms with Crippen molar-refractivity contribution in [3.05, 3.63) is 89.0 Å². The van der Waals surface area contributed by atoms with Gasteiger partial charge in [0.05, 0.1) is 55.3 Å². The first-order valence-electron chi connectivity index (χ1n) is 27.3. The molecular formula is C57H81FN12O6. The molecule has 7 N–H and O–H groups in total. The molecule has 2 bridgehead atoms. The number of likely N-dealkylation sites (tertiary alicyclic amines) is 1. The zero-order valence-corrected chi connectivity index (χ0v) is 45.8. The second-order valence-corrected chi connectivity index (χ2v) is 21.7. The number of hydrogen-bond donors (Lipinski definition) is 6. The summed E-state index contributed by atoms with van der Waals surface area (Å²) in [6, 6.07) is 13.6. The Bertz CT molecular complexity index is 2660. The van der Waals surface area contributed by atoms with Gasteiger partial charge in [0.1, 0.15) is 23.7 Å². The maximum atomic E-state index is 14.8. The number of ether oxygens (including phenoxy) is 1. The Hall–Kier alpha value is -6.60. The fraction of sp³-hybridized carbons (Fsp3) is 0.561. The topological polar surface area (TPSA) is 221 Å². The molecule has 19 heteroatoms. The van der Waals surface area contributed by atoms with E-state index in [0.717, 1.165) is 69.0 Å². The summed E-state index contributed by atoms with van der Waals surface area (Å²) >= 11 is 0. The predicted octanol–water partition coefficient (Wildman–Crippen LogP) is 6.41. The Labute approximate surface area is 447 Å². The molecule has 2 fully saturated rings. The van der Waals surface area contributed by atoms with Crippen LogP contribution < -0.4 is 42.0 Å². The van der Waals surface area contributed by atoms with E-state index >= 15 is 0 Å². The highest BCUT2D eigenvalue weighted by Gasteiger charge is 2.45. The minimum Gasteiger partial charge on any atom is -0.481 e. The quantitative estimate of drug-likeness (QED) is 0.0470. The van der Waals surface area contributed by atoms with Crippen LogP contribution >= 0.6 is 0 Å². The number of hydrogen-bond acceptors (Lipinski definition) is 12. The largest absolute Gasteiger partial charge is 0.481 e. The van der Waals surface area contributed by atoms with E-state index < -0.39 is 29.4 Å². The number of unbranched alkanes of at least 4 members (excludes halogenated alkanes) is 5. The van der Waals surface area contributed by atoms with Crippen molar-refractivity contribution in [3.63, 3.8) is 0 Å². The molecule has 5 amide bonds. The molecule has 5 heterocycles. The normalized spacial score (nSPS) is 18.6. The second kappa shape index (κ2) is 26.0. The van der Waals surface area contributed by atoms with E-state index in [1.165, 1.54) is 12.1 Å². The van der Waals surface area contributed by atoms with Crippen LogP contribution in [0.15, 0.2) is 60.8 Å². The van der Waals surface area contributed by atoms with Crippen LogP contribution in [0.4, 0.5) is 15.9 Å². The van der Waals surface area contributed by atoms with Gasteiger partial charge >= 0.3 is 0 Å². The number of amides is 5. The maximum Gasteiger partial charge on any atom is 0.254 e. The van der Waals surface area contributed by atoms with E-state index in [1.807, 2.05) is 64.1 Å². The number of halogens is 1. The van der Waals surface area contributed by atoms with Crippen LogP contribution in [-0.2, 0) is 32.3 Å². The SMILES string of the molecule is CC[C@H](NC(=O)[C@H]1C[C@@H](NCCCCCCCCC(=O)NCCn2nc3c(c2OC)-c2cnc(N)c(c2)N2CCC[C@@H]2c2cc(F)ccc2C(=O)N(C)C3)CN1C(=O)[C@H](NC(=O)[C@@H](C)NC)C(C)(C)C)c1ccccc1. The molecule has 18 nitrogen and oxygen atoms in total. The Morgan fingerprint density at radius 3 is 2.42 bits per heavy atom. The number of anilines is 2. The van der Waals surface area contributed by atoms with E-state index in [1.54, 1.807) is 54.9 Å². The van der Waals surface area contributed by atoms with Crippen LogP contribution in [0.25, 0.3) is 11.1 Å². The molecule has 0 unspecified atom stereocenters. The number of methoxy groups -OCH3 is 1. The van der Waals surface area contributed by atoms with Crippen molar-refractivity contribution in [3.8, 4) is 17.0 Å². The van der Waals surface area contributed by atoms with E-state index in [4.69, 9.17) is 15.6 Å². The third-order valence-corrected chi connectivity index (χ3v) is 15.2. The summed E-state index contributed by atoms with van der Waals surface area (Å²) in [6.45, 7) is 12.1. The first-order valence-corrected chi connectivity index (χ1v) is 27.3. The summed E-state index contributed by atoms with van der Waals surface area (Å²) in [5.41, 5.74) is 10.6. The number of rotatable bonds is 22. The van der Waals surface area contributed by atoms with Crippen LogP contribution in [0, 0.1) is 11.2 Å². The first-order chi connectivity index (χ1) is 36.4. The molecular weight excluding hydrogens is 968 g/mol. The zero-order chi connectivity index (χ0) is 54.7. The lowest BCUT2D eigenvalue weighted by molar-refractivity contribution is -0.144. The molecule has 7 rings (SSSR count). The van der Waals surface area contributed by atoms with E-state index in [9.17, 15) is 28.4 Å². The monoisotopic (exact) mass is 1050 g/mol. The number of carbonyl (C=O) groups excluding carboxylic acids is 5. The van der Waals surface area contributed by atoms with Gasteiger partial charge < -0.3 is 51.8 Å². The molecule has 2 saturated heterocycles. The molecule has 2 aromatic heterocycles. The first kappa shape index (κ1) is 57.1. The number of likely N-dealkylation sites (N-methyl/N-ethyl adjacent to an activating group) is 1. The molecule has 0 spiro atoms. The van der Waals surface area contributed by atoms with Crippen molar-refractivity contribution in [2.24, 2.45) is 5.41 Å². The Balaban J connectivity index is 0.881. The van der Waals surface area contributed by atoms with Gasteiger partial charge in [0.25, 0.3) is 5.91 Å². The lowest BCUT2D eigenvalue weighted by Gasteiger charge is -2.36. The Morgan fingerprint density at radius 1 is 0.974 bits per heavy atom. The van der Waals surface area contributed by atoms with Gasteiger partial charge in [-0.15, -0.1) is 0 Å². The lowest BCUT2D eigenvalue weighted by Crippen LogP contribution is -2.59. The fourth-order valence-corrected chi connectivity index (χ4v) is 10.8. The average Bonchev–Trinajstić information content (AvgIpc) is 4.16. The Morgan fingerprint density at radius 2 is 1.71 bits per heavy atom. The highest BCUT2D eigenvalue weighted by Crippen LogP contribution is 2.44. The van der Waals surface area contributed by atoms with Crippen LogP contribution in [0.2, 0.25) is 0 Å². The van der Waals surface area contributed by atoms with Crippen molar-refractivity contribution in [2.45, 2.75) is 155 Å². The van der Waals surface area contributed by atoms with Crippen molar-refractivity contribution in [1.82, 2.24) is 51.1 Å². The predicted molar refractivity (Wildman–Crippen MR) is 293 cm³/mol. The van der Waals surface area contributed by atoms with Gasteiger partial charge in [-0.1, -0.05) is 83.7 Å². The molecule has 412 valence electrons. The van der Waals surface area contributed by atoms with Crippen molar-refractivity contribution < 1.29 is 33.1 Å². The molecule has 6 atom stereocenters. The van der Waals surface area contributed by atoms with E-state index in [2.05, 4.69) is 36.5 Å². The van der Waals surface area contributed by atoms with E-state index in [0.29, 0.717) is 85.2 Å². The maximum absolute atomic E-state index is 14.8. The fourth-order valence-electron chi connectivity index (χ4n) is 10.8. The van der Waals surface area contributed by atoms with Crippen LogP contribution in [-0.4, -0.2) is 126 Å². The summed E-state index contributed by atoms with van der Waals surface area (Å²) in [4.78, 5) is 78.6. The van der Waals surface area contributed by atoms with Crippen LogP contribution in [0.5, 0.6) is 5.88 Å². The minimum atomic E-state index is -0.829. The third-order valence-electron chi connectivity index (χ3n) is 15.2. The minimum absolute atomic E-state index is 0.0489. The zero-order valence-electron chi connectivity index (χ0n) is 45.8. The van der Waals surface area contributed by atoms with Crippen molar-refractivity contribution in [2.75, 3.05) is 58.0 Å². The van der Waals surface area contributed by atoms with Gasteiger partial charge in [-0.25, -0.2) is 14.1 Å². The number of nitrogen functional groups attached to an aromatic ring is 1. The number of aromatic nitrogens is 3. The van der Waals surface area contributed by atoms with Crippen LogP contribution in [0.1, 0.15) is 145 Å². The van der Waals surface area contributed by atoms with Gasteiger partial charge in [-0.2, -0.15) is 5.10 Å². The van der Waals surface area contributed by atoms with Gasteiger partial charge in [0.15, 0.2) is 0 Å². The standard InChI is InChI=1S/C57H81FN12O6/c1-9-43(37-20-15-14-16-21-37)64-53(73)47-32-40(34-69(47)55(75)50(57(3,4)5)65-52(72)36(2)60-6)61-26-18-13-11-10-12-17-23-48(71)62-27-29-70-56(76-8)49-38-30-46(51(59)63-33-38)68-28-19-22-45(68)42-31-39(58)24-25-41(42)54(74)67(7)35-44(49)66-70/h14-16,20-21,24-25,30-31,33,36,40,43,45,47,50,60-61H,9-13,17-19,22-23,26-29,32,34-35H2,1-8H3,(H2,59,63)(H,62,71)(H,64,73)(H,65,72)/t36-,40-,43+,45-,47-,50+/m1/s1. The van der Waals surface area contributed by atoms with Gasteiger partial charge in [-0.3, -0.25) is 24.0 Å². The van der Waals surface area contributed by atoms with E-state index in [-0.39, 0.29) is 54.2 Å². The average molecular weight is 1050 g/mol. The molecule has 0 aliphatic carbocycles. The van der Waals surface area contributed by atoms with Gasteiger partial charge in [0.2, 0.25) is 29.5 Å². The number of nitrogens with one attached hydrogen (secondary N) is 5. The summed E-state index contributed by atoms with van der Waals surface area (Å²) < 4.78 is 22.4. The van der Waals surface area contributed by atoms with Gasteiger partial charge in [0, 0.05) is 56.5 Å². The molecule has 0 saturated carbocycles. The smallest absolute Gasteiger partial charge is 0.254 e. The summed E-state index contributed by atoms with van der Waals surface area (Å²) in [6.07, 6.45) is 10.4. The van der Waals surface area contributed by atoms with Crippen molar-refractivity contribution >= 4 is 41.0 Å². The number of carbonyl (C=O) groups is 5. The second-order valence-electron chi connectivity index (χ2n) is 21.7.